The molecule has 0 saturated heterocycles. The van der Waals surface area contributed by atoms with Gasteiger partial charge in [0, 0.05) is 13.2 Å². The minimum absolute atomic E-state index is 0.241. The molecule has 1 aliphatic rings. The summed E-state index contributed by atoms with van der Waals surface area (Å²) in [5.74, 6) is -0.945. The summed E-state index contributed by atoms with van der Waals surface area (Å²) in [5.41, 5.74) is 0.756. The summed E-state index contributed by atoms with van der Waals surface area (Å²) < 4.78 is 8.99. The lowest BCUT2D eigenvalue weighted by atomic mass is 10.2. The summed E-state index contributed by atoms with van der Waals surface area (Å²) in [6.45, 7) is 0.241. The third kappa shape index (κ3) is 2.27. The Kier molecular flexibility index (Phi) is 2.88. The van der Waals surface area contributed by atoms with Crippen LogP contribution in [0, 0.1) is 0 Å². The van der Waals surface area contributed by atoms with Gasteiger partial charge in [0.2, 0.25) is 0 Å². The zero-order valence-electron chi connectivity index (χ0n) is 8.32. The van der Waals surface area contributed by atoms with Crippen molar-refractivity contribution < 1.29 is 14.6 Å². The second-order valence-electron chi connectivity index (χ2n) is 3.49. The number of aromatic carboxylic acids is 1. The van der Waals surface area contributed by atoms with Crippen LogP contribution in [0.2, 0.25) is 0 Å². The van der Waals surface area contributed by atoms with E-state index in [0.29, 0.717) is 16.7 Å². The number of carbonyl (C=O) groups is 1. The van der Waals surface area contributed by atoms with Gasteiger partial charge in [0.15, 0.2) is 0 Å². The molecule has 5 nitrogen and oxygen atoms in total. The third-order valence-corrected chi connectivity index (χ3v) is 2.99. The molecule has 1 aromatic heterocycles. The smallest absolute Gasteiger partial charge is 0.340 e. The number of methoxy groups -OCH3 is 1. The second kappa shape index (κ2) is 4.16. The molecule has 0 atom stereocenters. The van der Waals surface area contributed by atoms with Crippen molar-refractivity contribution in [2.24, 2.45) is 0 Å². The van der Waals surface area contributed by atoms with E-state index in [4.69, 9.17) is 9.84 Å². The molecule has 1 heterocycles. The Morgan fingerprint density at radius 3 is 3.00 bits per heavy atom. The van der Waals surface area contributed by atoms with Crippen molar-refractivity contribution in [2.75, 3.05) is 12.4 Å². The molecule has 1 saturated carbocycles. The molecule has 1 fully saturated rings. The Balaban J connectivity index is 2.23. The van der Waals surface area contributed by atoms with E-state index in [1.165, 1.54) is 18.6 Å². The van der Waals surface area contributed by atoms with Gasteiger partial charge in [0.1, 0.15) is 10.6 Å². The maximum atomic E-state index is 11.1. The van der Waals surface area contributed by atoms with Crippen LogP contribution in [-0.2, 0) is 11.3 Å². The third-order valence-electron chi connectivity index (χ3n) is 2.17. The molecule has 6 heteroatoms. The number of nitrogens with one attached hydrogen (secondary N) is 1. The first-order valence-electron chi connectivity index (χ1n) is 4.69. The average molecular weight is 228 g/mol. The second-order valence-corrected chi connectivity index (χ2v) is 4.26. The molecule has 0 bridgehead atoms. The topological polar surface area (TPSA) is 71.5 Å². The van der Waals surface area contributed by atoms with E-state index in [-0.39, 0.29) is 12.2 Å². The van der Waals surface area contributed by atoms with Gasteiger partial charge in [-0.15, -0.1) is 0 Å². The molecule has 0 spiro atoms. The van der Waals surface area contributed by atoms with Crippen molar-refractivity contribution in [3.8, 4) is 0 Å². The quantitative estimate of drug-likeness (QED) is 0.800. The van der Waals surface area contributed by atoms with Crippen molar-refractivity contribution in [2.45, 2.75) is 25.5 Å². The number of hydrogen-bond donors (Lipinski definition) is 2. The van der Waals surface area contributed by atoms with Gasteiger partial charge >= 0.3 is 5.97 Å². The van der Waals surface area contributed by atoms with Gasteiger partial charge in [-0.1, -0.05) is 0 Å². The lowest BCUT2D eigenvalue weighted by Crippen LogP contribution is -2.07. The highest BCUT2D eigenvalue weighted by Crippen LogP contribution is 2.31. The monoisotopic (exact) mass is 228 g/mol. The lowest BCUT2D eigenvalue weighted by Gasteiger charge is -2.02. The number of ether oxygens (including phenoxy) is 1. The maximum Gasteiger partial charge on any atom is 0.340 e. The molecule has 2 N–H and O–H groups in total. The molecule has 82 valence electrons. The first-order valence-corrected chi connectivity index (χ1v) is 5.47. The number of carboxylic acids is 1. The molecule has 15 heavy (non-hydrogen) atoms. The van der Waals surface area contributed by atoms with Gasteiger partial charge in [-0.25, -0.2) is 4.79 Å². The van der Waals surface area contributed by atoms with Crippen molar-refractivity contribution in [1.82, 2.24) is 4.37 Å². The summed E-state index contributed by atoms with van der Waals surface area (Å²) in [6, 6.07) is 0.430. The Bertz CT molecular complexity index is 373. The fourth-order valence-electron chi connectivity index (χ4n) is 1.29. The van der Waals surface area contributed by atoms with Crippen LogP contribution in [0.25, 0.3) is 0 Å². The van der Waals surface area contributed by atoms with Crippen molar-refractivity contribution in [1.29, 1.82) is 0 Å². The molecular weight excluding hydrogens is 216 g/mol. The highest BCUT2D eigenvalue weighted by molar-refractivity contribution is 7.10. The summed E-state index contributed by atoms with van der Waals surface area (Å²) in [5, 5.41) is 12.9. The van der Waals surface area contributed by atoms with Crippen LogP contribution in [-0.4, -0.2) is 28.6 Å². The van der Waals surface area contributed by atoms with Crippen molar-refractivity contribution >= 4 is 22.5 Å². The van der Waals surface area contributed by atoms with E-state index in [9.17, 15) is 4.79 Å². The molecule has 0 aromatic carbocycles. The predicted molar refractivity (Wildman–Crippen MR) is 56.4 cm³/mol. The number of nitrogens with zero attached hydrogens (tertiary/aromatic N) is 1. The largest absolute Gasteiger partial charge is 0.478 e. The molecule has 1 aliphatic carbocycles. The normalized spacial score (nSPS) is 15.3. The number of hydrogen-bond acceptors (Lipinski definition) is 5. The van der Waals surface area contributed by atoms with Crippen LogP contribution in [0.4, 0.5) is 5.00 Å². The summed E-state index contributed by atoms with van der Waals surface area (Å²) in [4.78, 5) is 11.1. The Hall–Kier alpha value is -1.14. The minimum Gasteiger partial charge on any atom is -0.478 e. The van der Waals surface area contributed by atoms with Gasteiger partial charge in [0.25, 0.3) is 0 Å². The van der Waals surface area contributed by atoms with Crippen LogP contribution in [0.1, 0.15) is 28.9 Å². The molecule has 0 radical (unpaired) electrons. The SMILES string of the molecule is COCc1nsc(NC2CC2)c1C(=O)O. The number of aromatic nitrogens is 1. The number of rotatable bonds is 5. The van der Waals surface area contributed by atoms with Gasteiger partial charge in [-0.2, -0.15) is 4.37 Å². The number of carboxylic acid groups (broad SMARTS) is 1. The van der Waals surface area contributed by atoms with E-state index < -0.39 is 5.97 Å². The highest BCUT2D eigenvalue weighted by atomic mass is 32.1. The Labute approximate surface area is 91.2 Å². The van der Waals surface area contributed by atoms with Crippen LogP contribution < -0.4 is 5.32 Å². The van der Waals surface area contributed by atoms with Crippen LogP contribution >= 0.6 is 11.5 Å². The van der Waals surface area contributed by atoms with E-state index in [2.05, 4.69) is 9.69 Å². The fraction of sp³-hybridized carbons (Fsp3) is 0.556. The minimum atomic E-state index is -0.945. The highest BCUT2D eigenvalue weighted by Gasteiger charge is 2.26. The van der Waals surface area contributed by atoms with Crippen molar-refractivity contribution in [3.05, 3.63) is 11.3 Å². The Morgan fingerprint density at radius 2 is 2.47 bits per heavy atom. The van der Waals surface area contributed by atoms with Crippen LogP contribution in [0.3, 0.4) is 0 Å². The Morgan fingerprint density at radius 1 is 1.73 bits per heavy atom. The lowest BCUT2D eigenvalue weighted by molar-refractivity contribution is 0.0693. The summed E-state index contributed by atoms with van der Waals surface area (Å²) >= 11 is 1.19. The van der Waals surface area contributed by atoms with E-state index in [1.54, 1.807) is 0 Å². The van der Waals surface area contributed by atoms with Crippen LogP contribution in [0.15, 0.2) is 0 Å². The number of anilines is 1. The first-order chi connectivity index (χ1) is 7.22. The zero-order valence-corrected chi connectivity index (χ0v) is 9.13. The van der Waals surface area contributed by atoms with Gasteiger partial charge < -0.3 is 15.2 Å². The van der Waals surface area contributed by atoms with E-state index in [0.717, 1.165) is 12.8 Å². The van der Waals surface area contributed by atoms with Crippen molar-refractivity contribution in [3.63, 3.8) is 0 Å². The molecule has 0 unspecified atom stereocenters. The first kappa shape index (κ1) is 10.4. The molecule has 2 rings (SSSR count). The van der Waals surface area contributed by atoms with E-state index >= 15 is 0 Å². The van der Waals surface area contributed by atoms with Gasteiger partial charge in [-0.05, 0) is 24.4 Å². The molecular formula is C9H12N2O3S. The molecule has 0 amide bonds. The van der Waals surface area contributed by atoms with Gasteiger partial charge in [0.05, 0.1) is 12.3 Å². The zero-order chi connectivity index (χ0) is 10.8. The van der Waals surface area contributed by atoms with E-state index in [1.807, 2.05) is 0 Å². The maximum absolute atomic E-state index is 11.1. The molecule has 1 aromatic rings. The summed E-state index contributed by atoms with van der Waals surface area (Å²) in [7, 11) is 1.53. The van der Waals surface area contributed by atoms with Crippen LogP contribution in [0.5, 0.6) is 0 Å². The standard InChI is InChI=1S/C9H12N2O3S/c1-14-4-6-7(9(12)13)8(15-11-6)10-5-2-3-5/h5,10H,2-4H2,1H3,(H,12,13). The van der Waals surface area contributed by atoms with Gasteiger partial charge in [-0.3, -0.25) is 0 Å². The predicted octanol–water partition coefficient (Wildman–Crippen LogP) is 1.56. The average Bonchev–Trinajstić information content (AvgIpc) is 2.88. The fourth-order valence-corrected chi connectivity index (χ4v) is 2.15. The summed E-state index contributed by atoms with van der Waals surface area (Å²) in [6.07, 6.45) is 2.22. The molecule has 0 aliphatic heterocycles.